The molecular weight excluding hydrogens is 492 g/mol. The van der Waals surface area contributed by atoms with Gasteiger partial charge in [-0.05, 0) is 68.9 Å². The summed E-state index contributed by atoms with van der Waals surface area (Å²) >= 11 is 1.80. The summed E-state index contributed by atoms with van der Waals surface area (Å²) in [4.78, 5) is 29.5. The van der Waals surface area contributed by atoms with E-state index in [2.05, 4.69) is 71.8 Å². The fourth-order valence-electron chi connectivity index (χ4n) is 5.81. The molecule has 0 spiro atoms. The molecule has 3 aromatic rings. The Kier molecular flexibility index (Phi) is 8.12. The number of likely N-dealkylation sites (tertiary alicyclic amines) is 1. The molecule has 1 amide bonds. The smallest absolute Gasteiger partial charge is 0.219 e. The van der Waals surface area contributed by atoms with Crippen molar-refractivity contribution in [1.82, 2.24) is 24.7 Å². The Labute approximate surface area is 230 Å². The molecule has 38 heavy (non-hydrogen) atoms. The average Bonchev–Trinajstić information content (AvgIpc) is 3.39. The van der Waals surface area contributed by atoms with Crippen molar-refractivity contribution >= 4 is 23.1 Å². The van der Waals surface area contributed by atoms with Crippen LogP contribution in [-0.2, 0) is 24.3 Å². The van der Waals surface area contributed by atoms with Crippen molar-refractivity contribution in [2.45, 2.75) is 65.2 Å². The van der Waals surface area contributed by atoms with Crippen LogP contribution in [0.4, 0.5) is 5.82 Å². The van der Waals surface area contributed by atoms with Crippen LogP contribution in [0.5, 0.6) is 0 Å². The highest BCUT2D eigenvalue weighted by molar-refractivity contribution is 7.10. The monoisotopic (exact) mass is 532 g/mol. The molecule has 0 aliphatic carbocycles. The molecule has 202 valence electrons. The van der Waals surface area contributed by atoms with Gasteiger partial charge >= 0.3 is 0 Å². The summed E-state index contributed by atoms with van der Waals surface area (Å²) in [5.74, 6) is 1.98. The van der Waals surface area contributed by atoms with Crippen LogP contribution in [0.15, 0.2) is 35.7 Å². The van der Waals surface area contributed by atoms with Gasteiger partial charge in [-0.25, -0.2) is 9.97 Å². The van der Waals surface area contributed by atoms with Gasteiger partial charge in [0.15, 0.2) is 0 Å². The van der Waals surface area contributed by atoms with Gasteiger partial charge in [-0.15, -0.1) is 11.3 Å². The number of aryl methyl sites for hydroxylation is 1. The number of carbonyl (C=O) groups excluding carboxylic acids is 1. The van der Waals surface area contributed by atoms with E-state index in [-0.39, 0.29) is 11.9 Å². The normalized spacial score (nSPS) is 17.5. The largest absolute Gasteiger partial charge is 0.362 e. The van der Waals surface area contributed by atoms with E-state index in [1.807, 2.05) is 11.8 Å². The highest BCUT2D eigenvalue weighted by Gasteiger charge is 2.30. The maximum absolute atomic E-state index is 11.8. The number of rotatable bonds is 7. The van der Waals surface area contributed by atoms with E-state index in [1.54, 1.807) is 18.3 Å². The molecule has 1 fully saturated rings. The Morgan fingerprint density at radius 2 is 1.95 bits per heavy atom. The summed E-state index contributed by atoms with van der Waals surface area (Å²) < 4.78 is 0. The van der Waals surface area contributed by atoms with Crippen LogP contribution in [0.2, 0.25) is 0 Å². The van der Waals surface area contributed by atoms with E-state index < -0.39 is 0 Å². The first-order chi connectivity index (χ1) is 18.3. The second-order valence-corrected chi connectivity index (χ2v) is 11.9. The van der Waals surface area contributed by atoms with Crippen LogP contribution in [0.1, 0.15) is 60.3 Å². The first-order valence-electron chi connectivity index (χ1n) is 13.7. The van der Waals surface area contributed by atoms with E-state index in [1.165, 1.54) is 32.8 Å². The predicted molar refractivity (Wildman–Crippen MR) is 155 cm³/mol. The van der Waals surface area contributed by atoms with Crippen LogP contribution >= 0.6 is 11.3 Å². The van der Waals surface area contributed by atoms with E-state index in [9.17, 15) is 4.79 Å². The molecule has 1 N–H and O–H groups in total. The van der Waals surface area contributed by atoms with Crippen LogP contribution in [0.25, 0.3) is 11.1 Å². The summed E-state index contributed by atoms with van der Waals surface area (Å²) in [7, 11) is 4.23. The predicted octanol–water partition coefficient (Wildman–Crippen LogP) is 5.12. The fourth-order valence-corrected chi connectivity index (χ4v) is 6.73. The number of thiophene rings is 1. The van der Waals surface area contributed by atoms with Gasteiger partial charge in [0.1, 0.15) is 11.6 Å². The third-order valence-corrected chi connectivity index (χ3v) is 8.96. The van der Waals surface area contributed by atoms with Gasteiger partial charge < -0.3 is 15.1 Å². The molecule has 1 atom stereocenters. The van der Waals surface area contributed by atoms with Gasteiger partial charge in [-0.2, -0.15) is 0 Å². The molecule has 0 unspecified atom stereocenters. The molecule has 2 aromatic heterocycles. The lowest BCUT2D eigenvalue weighted by atomic mass is 9.98. The molecule has 8 heteroatoms. The Hall–Kier alpha value is -2.81. The summed E-state index contributed by atoms with van der Waals surface area (Å²) in [6.45, 7) is 10.4. The van der Waals surface area contributed by atoms with Crippen LogP contribution in [0, 0.1) is 6.92 Å². The number of carbonyl (C=O) groups is 1. The average molecular weight is 533 g/mol. The number of nitrogens with zero attached hydrogens (tertiary/aromatic N) is 5. The van der Waals surface area contributed by atoms with Crippen LogP contribution in [0.3, 0.4) is 0 Å². The maximum atomic E-state index is 11.8. The lowest BCUT2D eigenvalue weighted by Crippen LogP contribution is -2.47. The van der Waals surface area contributed by atoms with Crippen molar-refractivity contribution in [2.24, 2.45) is 0 Å². The highest BCUT2D eigenvalue weighted by atomic mass is 32.1. The quantitative estimate of drug-likeness (QED) is 0.456. The minimum atomic E-state index is 0.141. The Bertz CT molecular complexity index is 1280. The second-order valence-electron chi connectivity index (χ2n) is 11.0. The summed E-state index contributed by atoms with van der Waals surface area (Å²) in [6, 6.07) is 11.7. The third-order valence-electron chi connectivity index (χ3n) is 7.84. The zero-order chi connectivity index (χ0) is 26.8. The number of piperidine rings is 1. The first kappa shape index (κ1) is 26.8. The number of amides is 1. The number of aromatic nitrogens is 2. The van der Waals surface area contributed by atoms with E-state index >= 15 is 0 Å². The Morgan fingerprint density at radius 1 is 1.18 bits per heavy atom. The molecule has 0 radical (unpaired) electrons. The minimum Gasteiger partial charge on any atom is -0.362 e. The second kappa shape index (κ2) is 11.5. The maximum Gasteiger partial charge on any atom is 0.219 e. The van der Waals surface area contributed by atoms with E-state index in [0.29, 0.717) is 6.04 Å². The fraction of sp³-hybridized carbons (Fsp3) is 0.500. The Balaban J connectivity index is 1.32. The first-order valence-corrected chi connectivity index (χ1v) is 14.6. The molecule has 4 heterocycles. The van der Waals surface area contributed by atoms with Crippen molar-refractivity contribution in [3.05, 3.63) is 63.2 Å². The van der Waals surface area contributed by atoms with Gasteiger partial charge in [0.05, 0.1) is 11.7 Å². The van der Waals surface area contributed by atoms with Gasteiger partial charge in [-0.3, -0.25) is 9.69 Å². The molecule has 2 aliphatic rings. The molecule has 0 bridgehead atoms. The number of benzene rings is 1. The number of anilines is 1. The Morgan fingerprint density at radius 3 is 2.68 bits per heavy atom. The summed E-state index contributed by atoms with van der Waals surface area (Å²) in [5.41, 5.74) is 6.33. The number of fused-ring (bicyclic) bond motifs is 1. The van der Waals surface area contributed by atoms with Gasteiger partial charge in [0, 0.05) is 62.6 Å². The minimum absolute atomic E-state index is 0.141. The third kappa shape index (κ3) is 5.92. The van der Waals surface area contributed by atoms with Gasteiger partial charge in [-0.1, -0.05) is 24.3 Å². The molecule has 7 nitrogen and oxygen atoms in total. The van der Waals surface area contributed by atoms with Crippen molar-refractivity contribution in [1.29, 1.82) is 0 Å². The zero-order valence-electron chi connectivity index (χ0n) is 23.3. The highest BCUT2D eigenvalue weighted by Crippen LogP contribution is 2.35. The summed E-state index contributed by atoms with van der Waals surface area (Å²) in [6.07, 6.45) is 3.02. The lowest BCUT2D eigenvalue weighted by molar-refractivity contribution is -0.130. The van der Waals surface area contributed by atoms with E-state index in [0.717, 1.165) is 63.6 Å². The molecule has 1 saturated heterocycles. The van der Waals surface area contributed by atoms with Crippen molar-refractivity contribution < 1.29 is 4.79 Å². The van der Waals surface area contributed by atoms with Gasteiger partial charge in [0.25, 0.3) is 0 Å². The van der Waals surface area contributed by atoms with Crippen LogP contribution in [-0.4, -0.2) is 70.3 Å². The van der Waals surface area contributed by atoms with Crippen molar-refractivity contribution in [2.75, 3.05) is 39.0 Å². The van der Waals surface area contributed by atoms with E-state index in [4.69, 9.17) is 9.97 Å². The molecule has 5 rings (SSSR count). The van der Waals surface area contributed by atoms with Crippen molar-refractivity contribution in [3.8, 4) is 11.1 Å². The SMILES string of the molecule is CC(=O)N1CCC(N2CCc3nc(C)nc(N[C@H](C)c4cc(-c5ccccc5CN(C)C)cs4)c3C2)CC1. The number of hydrogen-bond acceptors (Lipinski definition) is 7. The standard InChI is InChI=1S/C30H40N6OS/c1-20(29-16-24(19-38-29)26-9-7-6-8-23(26)17-34(4)5)31-30-27-18-36(15-12-28(27)32-21(2)33-30)25-10-13-35(14-11-25)22(3)37/h6-9,16,19-20,25H,10-15,17-18H2,1-5H3,(H,31,32,33)/t20-/m1/s1. The topological polar surface area (TPSA) is 64.6 Å². The molecule has 1 aromatic carbocycles. The lowest BCUT2D eigenvalue weighted by Gasteiger charge is -2.40. The van der Waals surface area contributed by atoms with Crippen LogP contribution < -0.4 is 5.32 Å². The molecular formula is C30H40N6OS. The number of nitrogens with one attached hydrogen (secondary N) is 1. The zero-order valence-corrected chi connectivity index (χ0v) is 24.1. The molecule has 2 aliphatic heterocycles. The number of hydrogen-bond donors (Lipinski definition) is 1. The molecule has 0 saturated carbocycles. The van der Waals surface area contributed by atoms with Crippen molar-refractivity contribution in [3.63, 3.8) is 0 Å². The van der Waals surface area contributed by atoms with Gasteiger partial charge in [0.2, 0.25) is 5.91 Å². The summed E-state index contributed by atoms with van der Waals surface area (Å²) in [5, 5.41) is 6.03.